The second-order valence-electron chi connectivity index (χ2n) is 6.72. The van der Waals surface area contributed by atoms with Crippen LogP contribution in [0.2, 0.25) is 0 Å². The molecule has 24 heavy (non-hydrogen) atoms. The lowest BCUT2D eigenvalue weighted by atomic mass is 9.87. The van der Waals surface area contributed by atoms with Crippen LogP contribution in [0.5, 0.6) is 0 Å². The van der Waals surface area contributed by atoms with E-state index < -0.39 is 0 Å². The third-order valence-corrected chi connectivity index (χ3v) is 4.92. The van der Waals surface area contributed by atoms with Gasteiger partial charge in [-0.15, -0.1) is 0 Å². The van der Waals surface area contributed by atoms with Crippen LogP contribution in [0.25, 0.3) is 17.2 Å². The maximum absolute atomic E-state index is 8.92. The highest BCUT2D eigenvalue weighted by Gasteiger charge is 2.11. The summed E-state index contributed by atoms with van der Waals surface area (Å²) in [4.78, 5) is 0. The second-order valence-corrected chi connectivity index (χ2v) is 6.72. The SMILES string of the molecule is CCCCCCC1=Cc2ccc(-c3ccc(C#N)cc3)cc2CC1. The van der Waals surface area contributed by atoms with Crippen LogP contribution >= 0.6 is 0 Å². The molecular weight excluding hydrogens is 290 g/mol. The first-order valence-electron chi connectivity index (χ1n) is 9.13. The van der Waals surface area contributed by atoms with Gasteiger partial charge in [0, 0.05) is 0 Å². The van der Waals surface area contributed by atoms with Gasteiger partial charge in [0.25, 0.3) is 0 Å². The van der Waals surface area contributed by atoms with Gasteiger partial charge in [-0.25, -0.2) is 0 Å². The first kappa shape index (κ1) is 16.5. The van der Waals surface area contributed by atoms with Crippen molar-refractivity contribution < 1.29 is 0 Å². The van der Waals surface area contributed by atoms with Crippen molar-refractivity contribution in [3.05, 3.63) is 64.7 Å². The van der Waals surface area contributed by atoms with E-state index in [1.807, 2.05) is 24.3 Å². The van der Waals surface area contributed by atoms with Gasteiger partial charge in [0.05, 0.1) is 11.6 Å². The molecule has 1 nitrogen and oxygen atoms in total. The van der Waals surface area contributed by atoms with Gasteiger partial charge in [0.15, 0.2) is 0 Å². The van der Waals surface area contributed by atoms with E-state index in [9.17, 15) is 0 Å². The van der Waals surface area contributed by atoms with E-state index in [1.165, 1.54) is 60.8 Å². The van der Waals surface area contributed by atoms with Gasteiger partial charge >= 0.3 is 0 Å². The summed E-state index contributed by atoms with van der Waals surface area (Å²) in [5.41, 5.74) is 7.61. The topological polar surface area (TPSA) is 23.8 Å². The minimum Gasteiger partial charge on any atom is -0.192 e. The van der Waals surface area contributed by atoms with E-state index in [4.69, 9.17) is 5.26 Å². The number of fused-ring (bicyclic) bond motifs is 1. The van der Waals surface area contributed by atoms with Crippen molar-refractivity contribution in [3.8, 4) is 17.2 Å². The summed E-state index contributed by atoms with van der Waals surface area (Å²) in [5.74, 6) is 0. The number of nitriles is 1. The molecule has 0 fully saturated rings. The van der Waals surface area contributed by atoms with Crippen molar-refractivity contribution in [3.63, 3.8) is 0 Å². The Bertz CT molecular complexity index is 760. The van der Waals surface area contributed by atoms with Crippen LogP contribution in [0, 0.1) is 11.3 Å². The second kappa shape index (κ2) is 7.97. The van der Waals surface area contributed by atoms with Gasteiger partial charge in [-0.2, -0.15) is 5.26 Å². The van der Waals surface area contributed by atoms with Gasteiger partial charge in [0.2, 0.25) is 0 Å². The number of allylic oxidation sites excluding steroid dienone is 1. The van der Waals surface area contributed by atoms with Crippen LogP contribution in [-0.2, 0) is 6.42 Å². The van der Waals surface area contributed by atoms with Crippen molar-refractivity contribution in [1.29, 1.82) is 5.26 Å². The molecule has 0 bridgehead atoms. The zero-order valence-electron chi connectivity index (χ0n) is 14.5. The number of aryl methyl sites for hydroxylation is 1. The van der Waals surface area contributed by atoms with Gasteiger partial charge in [-0.05, 0) is 60.1 Å². The summed E-state index contributed by atoms with van der Waals surface area (Å²) in [6.45, 7) is 2.27. The number of nitrogens with zero attached hydrogens (tertiary/aromatic N) is 1. The summed E-state index contributed by atoms with van der Waals surface area (Å²) < 4.78 is 0. The van der Waals surface area contributed by atoms with Crippen LogP contribution in [0.4, 0.5) is 0 Å². The fourth-order valence-corrected chi connectivity index (χ4v) is 3.44. The molecule has 0 aromatic heterocycles. The molecule has 2 aromatic rings. The molecule has 0 amide bonds. The van der Waals surface area contributed by atoms with Gasteiger partial charge < -0.3 is 0 Å². The summed E-state index contributed by atoms with van der Waals surface area (Å²) >= 11 is 0. The highest BCUT2D eigenvalue weighted by atomic mass is 14.2. The number of hydrogen-bond donors (Lipinski definition) is 0. The quantitative estimate of drug-likeness (QED) is 0.556. The maximum atomic E-state index is 8.92. The average Bonchev–Trinajstić information content (AvgIpc) is 2.65. The molecule has 0 radical (unpaired) electrons. The first-order chi connectivity index (χ1) is 11.8. The molecule has 1 aliphatic rings. The Kier molecular flexibility index (Phi) is 5.49. The third-order valence-electron chi connectivity index (χ3n) is 4.92. The molecule has 2 aromatic carbocycles. The monoisotopic (exact) mass is 315 g/mol. The highest BCUT2D eigenvalue weighted by molar-refractivity contribution is 5.70. The van der Waals surface area contributed by atoms with Gasteiger partial charge in [-0.1, -0.05) is 68.2 Å². The fraction of sp³-hybridized carbons (Fsp3) is 0.348. The van der Waals surface area contributed by atoms with Crippen LogP contribution in [0.3, 0.4) is 0 Å². The third kappa shape index (κ3) is 3.95. The molecule has 0 spiro atoms. The van der Waals surface area contributed by atoms with Crippen LogP contribution in [0.15, 0.2) is 48.0 Å². The summed E-state index contributed by atoms with van der Waals surface area (Å²) in [7, 11) is 0. The Morgan fingerprint density at radius 1 is 0.917 bits per heavy atom. The summed E-state index contributed by atoms with van der Waals surface area (Å²) in [6, 6.07) is 16.8. The normalized spacial score (nSPS) is 13.1. The van der Waals surface area contributed by atoms with Crippen LogP contribution in [0.1, 0.15) is 62.1 Å². The summed E-state index contributed by atoms with van der Waals surface area (Å²) in [5, 5.41) is 8.92. The van der Waals surface area contributed by atoms with E-state index in [0.717, 1.165) is 6.42 Å². The zero-order chi connectivity index (χ0) is 16.8. The smallest absolute Gasteiger partial charge is 0.0991 e. The molecule has 0 N–H and O–H groups in total. The van der Waals surface area contributed by atoms with Crippen molar-refractivity contribution in [2.75, 3.05) is 0 Å². The molecule has 0 atom stereocenters. The zero-order valence-corrected chi connectivity index (χ0v) is 14.5. The van der Waals surface area contributed by atoms with E-state index in [-0.39, 0.29) is 0 Å². The maximum Gasteiger partial charge on any atom is 0.0991 e. The standard InChI is InChI=1S/C23H25N/c1-2-3-4-5-6-18-7-12-23-16-22(14-13-21(23)15-18)20-10-8-19(17-24)9-11-20/h8-11,13-16H,2-7,12H2,1H3. The molecule has 0 aliphatic heterocycles. The van der Waals surface area contributed by atoms with Crippen LogP contribution < -0.4 is 0 Å². The fourth-order valence-electron chi connectivity index (χ4n) is 3.44. The molecule has 0 heterocycles. The van der Waals surface area contributed by atoms with E-state index >= 15 is 0 Å². The van der Waals surface area contributed by atoms with E-state index in [0.29, 0.717) is 5.56 Å². The van der Waals surface area contributed by atoms with Crippen molar-refractivity contribution in [1.82, 2.24) is 0 Å². The predicted octanol–water partition coefficient (Wildman–Crippen LogP) is 6.53. The largest absolute Gasteiger partial charge is 0.192 e. The van der Waals surface area contributed by atoms with E-state index in [2.05, 4.69) is 37.3 Å². The lowest BCUT2D eigenvalue weighted by Gasteiger charge is -2.18. The molecule has 0 saturated carbocycles. The lowest BCUT2D eigenvalue weighted by Crippen LogP contribution is -2.00. The molecular formula is C23H25N. The molecule has 3 rings (SSSR count). The minimum atomic E-state index is 0.715. The number of hydrogen-bond acceptors (Lipinski definition) is 1. The molecule has 1 heteroatoms. The lowest BCUT2D eigenvalue weighted by molar-refractivity contribution is 0.654. The summed E-state index contributed by atoms with van der Waals surface area (Å²) in [6.07, 6.45) is 11.4. The van der Waals surface area contributed by atoms with Crippen molar-refractivity contribution in [2.45, 2.75) is 51.9 Å². The number of unbranched alkanes of at least 4 members (excludes halogenated alkanes) is 3. The molecule has 122 valence electrons. The Labute approximate surface area is 145 Å². The van der Waals surface area contributed by atoms with Gasteiger partial charge in [0.1, 0.15) is 0 Å². The van der Waals surface area contributed by atoms with E-state index in [1.54, 1.807) is 5.57 Å². The Hall–Kier alpha value is -2.33. The van der Waals surface area contributed by atoms with Gasteiger partial charge in [-0.3, -0.25) is 0 Å². The minimum absolute atomic E-state index is 0.715. The Morgan fingerprint density at radius 3 is 2.46 bits per heavy atom. The Balaban J connectivity index is 1.73. The predicted molar refractivity (Wildman–Crippen MR) is 102 cm³/mol. The van der Waals surface area contributed by atoms with Crippen molar-refractivity contribution in [2.24, 2.45) is 0 Å². The van der Waals surface area contributed by atoms with Crippen LogP contribution in [-0.4, -0.2) is 0 Å². The number of benzene rings is 2. The molecule has 1 aliphatic carbocycles. The first-order valence-corrected chi connectivity index (χ1v) is 9.13. The Morgan fingerprint density at radius 2 is 1.71 bits per heavy atom. The van der Waals surface area contributed by atoms with Crippen molar-refractivity contribution >= 4 is 6.08 Å². The molecule has 0 unspecified atom stereocenters. The average molecular weight is 315 g/mol. The molecule has 0 saturated heterocycles. The highest BCUT2D eigenvalue weighted by Crippen LogP contribution is 2.30. The number of rotatable bonds is 6.